The number of hydrogen-bond donors (Lipinski definition) is 1. The molecule has 5 heteroatoms. The Morgan fingerprint density at radius 1 is 0.759 bits per heavy atom. The third-order valence-corrected chi connectivity index (χ3v) is 7.10. The van der Waals surface area contributed by atoms with Gasteiger partial charge in [-0.1, -0.05) is 51.0 Å². The summed E-state index contributed by atoms with van der Waals surface area (Å²) in [6, 6.07) is 16.6. The lowest BCUT2D eigenvalue weighted by Crippen LogP contribution is -1.94. The van der Waals surface area contributed by atoms with Crippen molar-refractivity contribution in [3.8, 4) is 0 Å². The van der Waals surface area contributed by atoms with Gasteiger partial charge in [-0.05, 0) is 77.7 Å². The molecule has 0 radical (unpaired) electrons. The van der Waals surface area contributed by atoms with E-state index in [2.05, 4.69) is 43.4 Å². The number of carbonyl (C=O) groups is 2. The number of unbranched alkanes of at least 4 members (excludes halogenated alkanes) is 2. The zero-order valence-corrected chi connectivity index (χ0v) is 19.6. The molecular weight excluding hydrogens is 396 g/mol. The van der Waals surface area contributed by atoms with Crippen LogP contribution in [-0.2, 0) is 21.9 Å². The summed E-state index contributed by atoms with van der Waals surface area (Å²) in [5.74, 6) is 0. The zero-order chi connectivity index (χ0) is 20.9. The van der Waals surface area contributed by atoms with Gasteiger partial charge >= 0.3 is 0 Å². The lowest BCUT2D eigenvalue weighted by molar-refractivity contribution is -0.112. The molecule has 0 fully saturated rings. The Balaban J connectivity index is 1.89. The molecule has 29 heavy (non-hydrogen) atoms. The fourth-order valence-corrected chi connectivity index (χ4v) is 4.89. The normalized spacial score (nSPS) is 11.5. The van der Waals surface area contributed by atoms with Crippen LogP contribution in [0.5, 0.6) is 0 Å². The minimum Gasteiger partial charge on any atom is -0.356 e. The highest BCUT2D eigenvalue weighted by atomic mass is 31.1. The fourth-order valence-electron chi connectivity index (χ4n) is 2.94. The molecule has 2 rings (SSSR count). The quantitative estimate of drug-likeness (QED) is 0.323. The van der Waals surface area contributed by atoms with Crippen LogP contribution in [0.1, 0.15) is 63.5 Å². The summed E-state index contributed by atoms with van der Waals surface area (Å²) in [7, 11) is 0.709. The van der Waals surface area contributed by atoms with E-state index in [0.29, 0.717) is 41.1 Å². The van der Waals surface area contributed by atoms with E-state index in [1.54, 1.807) is 0 Å². The van der Waals surface area contributed by atoms with Crippen molar-refractivity contribution in [3.63, 3.8) is 0 Å². The molecule has 2 unspecified atom stereocenters. The van der Waals surface area contributed by atoms with Crippen LogP contribution >= 0.6 is 17.2 Å². The Morgan fingerprint density at radius 3 is 1.62 bits per heavy atom. The van der Waals surface area contributed by atoms with E-state index in [0.717, 1.165) is 49.4 Å². The largest absolute Gasteiger partial charge is 0.356 e. The lowest BCUT2D eigenvalue weighted by atomic mass is 10.2. The van der Waals surface area contributed by atoms with Crippen molar-refractivity contribution in [3.05, 3.63) is 59.7 Å². The standard InChI is InChI=1S/C24H33NO2P2/c1-3-5-13-23(26)28-17-19-9-7-11-21(15-19)25-22-12-8-10-20(16-22)18-29-24(27)14-6-4-2/h7-12,15-16,25,28-29H,3-6,13-14,17-18H2,1-2H3. The minimum atomic E-state index is 0.355. The van der Waals surface area contributed by atoms with Crippen molar-refractivity contribution >= 4 is 39.6 Å². The monoisotopic (exact) mass is 429 g/mol. The third kappa shape index (κ3) is 9.66. The van der Waals surface area contributed by atoms with Crippen molar-refractivity contribution < 1.29 is 9.59 Å². The van der Waals surface area contributed by atoms with E-state index in [1.807, 2.05) is 24.3 Å². The van der Waals surface area contributed by atoms with Crippen molar-refractivity contribution in [2.24, 2.45) is 0 Å². The zero-order valence-electron chi connectivity index (χ0n) is 17.6. The first-order valence-corrected chi connectivity index (χ1v) is 13.0. The molecular formula is C24H33NO2P2. The second kappa shape index (κ2) is 13.6. The van der Waals surface area contributed by atoms with Crippen molar-refractivity contribution in [2.75, 3.05) is 5.32 Å². The Morgan fingerprint density at radius 2 is 1.21 bits per heavy atom. The summed E-state index contributed by atoms with van der Waals surface area (Å²) in [6.45, 7) is 4.23. The topological polar surface area (TPSA) is 46.2 Å². The summed E-state index contributed by atoms with van der Waals surface area (Å²) in [6.07, 6.45) is 7.19. The van der Waals surface area contributed by atoms with Gasteiger partial charge in [0.2, 0.25) is 0 Å². The third-order valence-electron chi connectivity index (χ3n) is 4.64. The average Bonchev–Trinajstić information content (AvgIpc) is 2.74. The molecule has 2 aromatic carbocycles. The highest BCUT2D eigenvalue weighted by Crippen LogP contribution is 2.27. The number of hydrogen-bond acceptors (Lipinski definition) is 3. The van der Waals surface area contributed by atoms with Crippen molar-refractivity contribution in [1.82, 2.24) is 0 Å². The molecule has 0 amide bonds. The van der Waals surface area contributed by atoms with Gasteiger partial charge in [-0.2, -0.15) is 0 Å². The summed E-state index contributed by atoms with van der Waals surface area (Å²) in [5, 5.41) is 3.46. The SMILES string of the molecule is CCCCC(=O)PCc1cccc(Nc2cccc(CPC(=O)CCCC)c2)c1. The smallest absolute Gasteiger partial charge is 0.151 e. The molecule has 3 nitrogen and oxygen atoms in total. The molecule has 0 heterocycles. The molecule has 0 aliphatic carbocycles. The molecule has 0 spiro atoms. The van der Waals surface area contributed by atoms with Gasteiger partial charge in [-0.3, -0.25) is 9.59 Å². The van der Waals surface area contributed by atoms with Crippen LogP contribution in [0.4, 0.5) is 11.4 Å². The van der Waals surface area contributed by atoms with Gasteiger partial charge in [0, 0.05) is 24.2 Å². The number of anilines is 2. The molecule has 156 valence electrons. The van der Waals surface area contributed by atoms with Gasteiger partial charge < -0.3 is 5.32 Å². The van der Waals surface area contributed by atoms with Crippen LogP contribution in [-0.4, -0.2) is 11.0 Å². The van der Waals surface area contributed by atoms with Crippen LogP contribution in [0.25, 0.3) is 0 Å². The highest BCUT2D eigenvalue weighted by Gasteiger charge is 2.05. The molecule has 0 aliphatic rings. The van der Waals surface area contributed by atoms with E-state index < -0.39 is 0 Å². The van der Waals surface area contributed by atoms with E-state index >= 15 is 0 Å². The molecule has 0 saturated heterocycles. The lowest BCUT2D eigenvalue weighted by Gasteiger charge is -2.10. The summed E-state index contributed by atoms with van der Waals surface area (Å²) >= 11 is 0. The molecule has 1 N–H and O–H groups in total. The van der Waals surface area contributed by atoms with E-state index in [-0.39, 0.29) is 0 Å². The molecule has 0 bridgehead atoms. The van der Waals surface area contributed by atoms with E-state index in [1.165, 1.54) is 11.1 Å². The van der Waals surface area contributed by atoms with Gasteiger partial charge in [0.1, 0.15) is 0 Å². The van der Waals surface area contributed by atoms with Gasteiger partial charge in [-0.25, -0.2) is 0 Å². The molecule has 0 aliphatic heterocycles. The summed E-state index contributed by atoms with van der Waals surface area (Å²) in [5.41, 5.74) is 5.22. The maximum atomic E-state index is 11.9. The van der Waals surface area contributed by atoms with Crippen LogP contribution in [0, 0.1) is 0 Å². The first kappa shape index (κ1) is 23.7. The maximum absolute atomic E-state index is 11.9. The van der Waals surface area contributed by atoms with Gasteiger partial charge in [-0.15, -0.1) is 0 Å². The molecule has 0 saturated carbocycles. The van der Waals surface area contributed by atoms with Gasteiger partial charge in [0.15, 0.2) is 11.0 Å². The first-order chi connectivity index (χ1) is 14.1. The highest BCUT2D eigenvalue weighted by molar-refractivity contribution is 7.57. The van der Waals surface area contributed by atoms with Crippen LogP contribution in [0.15, 0.2) is 48.5 Å². The molecule has 2 aromatic rings. The van der Waals surface area contributed by atoms with Crippen LogP contribution < -0.4 is 5.32 Å². The van der Waals surface area contributed by atoms with Crippen molar-refractivity contribution in [1.29, 1.82) is 0 Å². The Bertz CT molecular complexity index is 726. The molecule has 2 atom stereocenters. The number of rotatable bonds is 14. The summed E-state index contributed by atoms with van der Waals surface area (Å²) in [4.78, 5) is 23.9. The fraction of sp³-hybridized carbons (Fsp3) is 0.417. The van der Waals surface area contributed by atoms with Gasteiger partial charge in [0.05, 0.1) is 0 Å². The average molecular weight is 429 g/mol. The Hall–Kier alpha value is -1.56. The Kier molecular flexibility index (Phi) is 11.1. The summed E-state index contributed by atoms with van der Waals surface area (Å²) < 4.78 is 0. The second-order valence-corrected chi connectivity index (χ2v) is 9.82. The molecule has 0 aromatic heterocycles. The number of nitrogens with one attached hydrogen (secondary N) is 1. The van der Waals surface area contributed by atoms with Gasteiger partial charge in [0.25, 0.3) is 0 Å². The number of benzene rings is 2. The second-order valence-electron chi connectivity index (χ2n) is 7.29. The predicted molar refractivity (Wildman–Crippen MR) is 129 cm³/mol. The minimum absolute atomic E-state index is 0.355. The first-order valence-electron chi connectivity index (χ1n) is 10.6. The number of carbonyl (C=O) groups excluding carboxylic acids is 2. The van der Waals surface area contributed by atoms with Crippen molar-refractivity contribution in [2.45, 2.75) is 64.7 Å². The van der Waals surface area contributed by atoms with E-state index in [9.17, 15) is 9.59 Å². The van der Waals surface area contributed by atoms with Crippen LogP contribution in [0.3, 0.4) is 0 Å². The Labute approximate surface area is 179 Å². The van der Waals surface area contributed by atoms with E-state index in [4.69, 9.17) is 0 Å². The predicted octanol–water partition coefficient (Wildman–Crippen LogP) is 7.22. The maximum Gasteiger partial charge on any atom is 0.151 e. The van der Waals surface area contributed by atoms with Crippen LogP contribution in [0.2, 0.25) is 0 Å².